The molecule has 1 fully saturated rings. The average molecular weight is 467 g/mol. The molecule has 1 rings (SSSR count). The Balaban J connectivity index is 2.46. The van der Waals surface area contributed by atoms with Crippen molar-refractivity contribution in [2.24, 2.45) is 11.8 Å². The molecule has 5 nitrogen and oxygen atoms in total. The number of allylic oxidation sites excluding steroid dienone is 1. The Hall–Kier alpha value is -0.470. The summed E-state index contributed by atoms with van der Waals surface area (Å²) in [6, 6.07) is 0. The Morgan fingerprint density at radius 2 is 2.00 bits per heavy atom. The number of ketones is 1. The van der Waals surface area contributed by atoms with Gasteiger partial charge in [-0.1, -0.05) is 0 Å². The minimum absolute atomic E-state index is 0.130. The van der Waals surface area contributed by atoms with Crippen molar-refractivity contribution in [2.45, 2.75) is 81.2 Å². The molecule has 4 atom stereocenters. The van der Waals surface area contributed by atoms with Crippen LogP contribution in [0.2, 0.25) is 0 Å². The zero-order valence-electron chi connectivity index (χ0n) is 15.1. The molecule has 25 heavy (non-hydrogen) atoms. The second-order valence-corrected chi connectivity index (χ2v) is 9.07. The third-order valence-corrected chi connectivity index (χ3v) is 6.64. The molecule has 0 amide bonds. The predicted octanol–water partition coefficient (Wildman–Crippen LogP) is 0.0890. The van der Waals surface area contributed by atoms with Gasteiger partial charge in [-0.05, 0) is 0 Å². The minimum atomic E-state index is -0.859. The molecule has 146 valence electrons. The summed E-state index contributed by atoms with van der Waals surface area (Å²) >= 11 is -0.859. The standard InChI is InChI=1S/C19H32IO5/c1-2-3-8-14(20-25)11-12-16-15(17(21)13-18(16)22)9-6-4-5-7-10-19(23)24/h11-12,14-16,18,22,25H,2-10,13H2,1H3,(H,23,24)/q-1/b12-11+. The number of unbranched alkanes of at least 4 members (excludes halogenated alkanes) is 4. The molecule has 1 aliphatic carbocycles. The van der Waals surface area contributed by atoms with Gasteiger partial charge < -0.3 is 5.11 Å². The Morgan fingerprint density at radius 3 is 2.64 bits per heavy atom. The van der Waals surface area contributed by atoms with E-state index in [1.54, 1.807) is 0 Å². The predicted molar refractivity (Wildman–Crippen MR) is 92.6 cm³/mol. The van der Waals surface area contributed by atoms with Gasteiger partial charge in [-0.15, -0.1) is 0 Å². The summed E-state index contributed by atoms with van der Waals surface area (Å²) in [7, 11) is 0. The molecular weight excluding hydrogens is 435 g/mol. The van der Waals surface area contributed by atoms with Crippen molar-refractivity contribution in [3.05, 3.63) is 12.2 Å². The van der Waals surface area contributed by atoms with Crippen LogP contribution >= 0.6 is 0 Å². The van der Waals surface area contributed by atoms with Crippen molar-refractivity contribution in [3.8, 4) is 0 Å². The summed E-state index contributed by atoms with van der Waals surface area (Å²) in [5.74, 6) is -0.888. The normalized spacial score (nSPS) is 25.1. The van der Waals surface area contributed by atoms with Crippen molar-refractivity contribution < 1.29 is 44.9 Å². The molecule has 0 aromatic carbocycles. The number of hydrogen-bond donors (Lipinski definition) is 3. The monoisotopic (exact) mass is 467 g/mol. The molecule has 0 aromatic heterocycles. The summed E-state index contributed by atoms with van der Waals surface area (Å²) in [6.45, 7) is 2.13. The number of hydrogen-bond acceptors (Lipinski definition) is 4. The molecule has 4 unspecified atom stereocenters. The number of Topliss-reactive ketones (excluding diaryl/α,β-unsaturated/α-hetero) is 1. The molecule has 0 heterocycles. The number of carboxylic acids is 1. The third kappa shape index (κ3) is 8.64. The first kappa shape index (κ1) is 22.6. The first-order valence-corrected chi connectivity index (χ1v) is 11.6. The molecule has 0 radical (unpaired) electrons. The van der Waals surface area contributed by atoms with E-state index >= 15 is 0 Å². The molecular formula is C19H32IO5-. The molecule has 6 heteroatoms. The second-order valence-electron chi connectivity index (χ2n) is 6.91. The van der Waals surface area contributed by atoms with Gasteiger partial charge in [0, 0.05) is 0 Å². The van der Waals surface area contributed by atoms with Gasteiger partial charge in [-0.3, -0.25) is 4.79 Å². The quantitative estimate of drug-likeness (QED) is 0.155. The Morgan fingerprint density at radius 1 is 1.28 bits per heavy atom. The van der Waals surface area contributed by atoms with Crippen molar-refractivity contribution in [1.82, 2.24) is 0 Å². The van der Waals surface area contributed by atoms with Crippen molar-refractivity contribution in [2.75, 3.05) is 0 Å². The number of rotatable bonds is 13. The van der Waals surface area contributed by atoms with Crippen LogP contribution in [0.4, 0.5) is 0 Å². The molecule has 0 saturated heterocycles. The van der Waals surface area contributed by atoms with Gasteiger partial charge in [0.05, 0.1) is 0 Å². The number of halogens is 1. The summed E-state index contributed by atoms with van der Waals surface area (Å²) in [4.78, 5) is 22.7. The van der Waals surface area contributed by atoms with Crippen LogP contribution in [0.5, 0.6) is 0 Å². The number of aliphatic carboxylic acids is 1. The van der Waals surface area contributed by atoms with Crippen LogP contribution in [0.3, 0.4) is 0 Å². The van der Waals surface area contributed by atoms with Gasteiger partial charge in [0.2, 0.25) is 0 Å². The van der Waals surface area contributed by atoms with Gasteiger partial charge >= 0.3 is 152 Å². The number of aliphatic hydroxyl groups is 1. The molecule has 1 aliphatic rings. The fraction of sp³-hybridized carbons (Fsp3) is 0.789. The Kier molecular flexibility index (Phi) is 11.6. The first-order chi connectivity index (χ1) is 12.0. The van der Waals surface area contributed by atoms with E-state index in [0.717, 1.165) is 44.9 Å². The van der Waals surface area contributed by atoms with Crippen molar-refractivity contribution in [1.29, 1.82) is 0 Å². The van der Waals surface area contributed by atoms with Crippen LogP contribution in [0, 0.1) is 11.8 Å². The van der Waals surface area contributed by atoms with E-state index < -0.39 is 33.7 Å². The van der Waals surface area contributed by atoms with E-state index in [9.17, 15) is 18.1 Å². The molecule has 0 bridgehead atoms. The molecule has 3 N–H and O–H groups in total. The summed E-state index contributed by atoms with van der Waals surface area (Å²) in [5, 5.41) is 18.8. The zero-order chi connectivity index (χ0) is 18.7. The van der Waals surface area contributed by atoms with Crippen LogP contribution in [0.15, 0.2) is 12.2 Å². The van der Waals surface area contributed by atoms with Crippen molar-refractivity contribution in [3.63, 3.8) is 0 Å². The molecule has 0 spiro atoms. The molecule has 0 aliphatic heterocycles. The van der Waals surface area contributed by atoms with E-state index in [-0.39, 0.29) is 34.4 Å². The van der Waals surface area contributed by atoms with E-state index in [4.69, 9.17) is 5.11 Å². The summed E-state index contributed by atoms with van der Waals surface area (Å²) < 4.78 is 9.77. The zero-order valence-corrected chi connectivity index (χ0v) is 17.2. The molecule has 0 aromatic rings. The van der Waals surface area contributed by atoms with Crippen LogP contribution in [0.1, 0.15) is 71.1 Å². The first-order valence-electron chi connectivity index (χ1n) is 9.37. The maximum absolute atomic E-state index is 12.2. The summed E-state index contributed by atoms with van der Waals surface area (Å²) in [5.41, 5.74) is 0. The Labute approximate surface area is 161 Å². The maximum atomic E-state index is 12.2. The third-order valence-electron chi connectivity index (χ3n) is 4.89. The van der Waals surface area contributed by atoms with E-state index in [2.05, 4.69) is 6.92 Å². The van der Waals surface area contributed by atoms with Crippen LogP contribution in [0.25, 0.3) is 0 Å². The van der Waals surface area contributed by atoms with Gasteiger partial charge in [0.1, 0.15) is 0 Å². The van der Waals surface area contributed by atoms with E-state index in [1.165, 1.54) is 0 Å². The summed E-state index contributed by atoms with van der Waals surface area (Å²) in [6.07, 6.45) is 11.1. The van der Waals surface area contributed by atoms with Crippen molar-refractivity contribution >= 4 is 11.8 Å². The number of carboxylic acid groups (broad SMARTS) is 1. The van der Waals surface area contributed by atoms with E-state index in [0.29, 0.717) is 6.42 Å². The number of alkyl halides is 1. The average Bonchev–Trinajstić information content (AvgIpc) is 2.84. The number of aliphatic hydroxyl groups excluding tert-OH is 1. The number of carbonyl (C=O) groups excluding carboxylic acids is 1. The van der Waals surface area contributed by atoms with Gasteiger partial charge in [-0.2, -0.15) is 0 Å². The van der Waals surface area contributed by atoms with Crippen LogP contribution in [-0.2, 0) is 9.59 Å². The fourth-order valence-corrected chi connectivity index (χ4v) is 4.56. The van der Waals surface area contributed by atoms with Crippen LogP contribution in [-0.4, -0.2) is 35.4 Å². The van der Waals surface area contributed by atoms with Crippen LogP contribution < -0.4 is 21.6 Å². The number of carbonyl (C=O) groups is 2. The SMILES string of the molecule is CCCCC(/C=C/C1C(O)CC(=O)C1CCCCCCC(=O)O)[I-]O. The van der Waals surface area contributed by atoms with Gasteiger partial charge in [-0.25, -0.2) is 0 Å². The van der Waals surface area contributed by atoms with E-state index in [1.807, 2.05) is 12.2 Å². The topological polar surface area (TPSA) is 94.8 Å². The fourth-order valence-electron chi connectivity index (χ4n) is 3.41. The molecule has 1 saturated carbocycles. The second kappa shape index (κ2) is 12.8. The van der Waals surface area contributed by atoms with Gasteiger partial charge in [0.25, 0.3) is 0 Å². The van der Waals surface area contributed by atoms with Gasteiger partial charge in [0.15, 0.2) is 0 Å². The Bertz CT molecular complexity index is 438.